The van der Waals surface area contributed by atoms with Crippen LogP contribution in [0.15, 0.2) is 18.2 Å². The van der Waals surface area contributed by atoms with E-state index in [0.29, 0.717) is 23.9 Å². The predicted octanol–water partition coefficient (Wildman–Crippen LogP) is 2.26. The molecule has 0 aliphatic heterocycles. The standard InChI is InChI=1S/C13H20FNO2/c1-4-9(2)15-8-12(16)11-7-10(14)5-6-13(11)17-3/h5-7,9,12,15-16H,4,8H2,1-3H3. The van der Waals surface area contributed by atoms with Gasteiger partial charge in [-0.15, -0.1) is 0 Å². The fraction of sp³-hybridized carbons (Fsp3) is 0.538. The van der Waals surface area contributed by atoms with Gasteiger partial charge in [0.25, 0.3) is 0 Å². The highest BCUT2D eigenvalue weighted by atomic mass is 19.1. The Labute approximate surface area is 102 Å². The Morgan fingerprint density at radius 2 is 2.18 bits per heavy atom. The monoisotopic (exact) mass is 241 g/mol. The highest BCUT2D eigenvalue weighted by Crippen LogP contribution is 2.25. The molecule has 1 aromatic carbocycles. The predicted molar refractivity (Wildman–Crippen MR) is 65.7 cm³/mol. The van der Waals surface area contributed by atoms with E-state index in [4.69, 9.17) is 4.74 Å². The molecule has 0 saturated carbocycles. The van der Waals surface area contributed by atoms with Crippen molar-refractivity contribution in [1.29, 1.82) is 0 Å². The molecule has 17 heavy (non-hydrogen) atoms. The van der Waals surface area contributed by atoms with Gasteiger partial charge in [-0.1, -0.05) is 6.92 Å². The molecular formula is C13H20FNO2. The molecule has 0 aromatic heterocycles. The average Bonchev–Trinajstić information content (AvgIpc) is 2.35. The zero-order valence-electron chi connectivity index (χ0n) is 10.5. The van der Waals surface area contributed by atoms with Crippen molar-refractivity contribution in [1.82, 2.24) is 5.32 Å². The Kier molecular flexibility index (Phi) is 5.38. The average molecular weight is 241 g/mol. The third kappa shape index (κ3) is 3.98. The second-order valence-corrected chi connectivity index (χ2v) is 4.12. The van der Waals surface area contributed by atoms with Crippen LogP contribution < -0.4 is 10.1 Å². The molecule has 3 nitrogen and oxygen atoms in total. The van der Waals surface area contributed by atoms with Gasteiger partial charge in [0.2, 0.25) is 0 Å². The fourth-order valence-corrected chi connectivity index (χ4v) is 1.53. The van der Waals surface area contributed by atoms with Crippen LogP contribution in [0.4, 0.5) is 4.39 Å². The second-order valence-electron chi connectivity index (χ2n) is 4.12. The highest BCUT2D eigenvalue weighted by molar-refractivity contribution is 5.35. The van der Waals surface area contributed by atoms with Crippen molar-refractivity contribution in [2.24, 2.45) is 0 Å². The summed E-state index contributed by atoms with van der Waals surface area (Å²) in [5, 5.41) is 13.2. The van der Waals surface area contributed by atoms with Crippen LogP contribution in [-0.4, -0.2) is 24.8 Å². The minimum Gasteiger partial charge on any atom is -0.496 e. The Morgan fingerprint density at radius 3 is 2.76 bits per heavy atom. The van der Waals surface area contributed by atoms with E-state index in [1.54, 1.807) is 0 Å². The van der Waals surface area contributed by atoms with Gasteiger partial charge in [0, 0.05) is 18.2 Å². The van der Waals surface area contributed by atoms with Crippen molar-refractivity contribution in [3.05, 3.63) is 29.6 Å². The van der Waals surface area contributed by atoms with Crippen molar-refractivity contribution in [2.45, 2.75) is 32.4 Å². The molecule has 0 aliphatic rings. The normalized spacial score (nSPS) is 14.4. The number of ether oxygens (including phenoxy) is 1. The van der Waals surface area contributed by atoms with Crippen LogP contribution >= 0.6 is 0 Å². The third-order valence-electron chi connectivity index (χ3n) is 2.82. The molecular weight excluding hydrogens is 221 g/mol. The fourth-order valence-electron chi connectivity index (χ4n) is 1.53. The number of rotatable bonds is 6. The number of methoxy groups -OCH3 is 1. The van der Waals surface area contributed by atoms with Crippen LogP contribution in [0.3, 0.4) is 0 Å². The van der Waals surface area contributed by atoms with Gasteiger partial charge in [0.1, 0.15) is 11.6 Å². The van der Waals surface area contributed by atoms with Crippen LogP contribution in [0, 0.1) is 5.82 Å². The molecule has 0 aliphatic carbocycles. The molecule has 2 unspecified atom stereocenters. The highest BCUT2D eigenvalue weighted by Gasteiger charge is 2.14. The van der Waals surface area contributed by atoms with E-state index in [1.165, 1.54) is 25.3 Å². The first-order valence-electron chi connectivity index (χ1n) is 5.83. The van der Waals surface area contributed by atoms with Crippen LogP contribution in [0.25, 0.3) is 0 Å². The zero-order valence-corrected chi connectivity index (χ0v) is 10.5. The summed E-state index contributed by atoms with van der Waals surface area (Å²) < 4.78 is 18.2. The lowest BCUT2D eigenvalue weighted by Crippen LogP contribution is -2.29. The minimum absolute atomic E-state index is 0.323. The lowest BCUT2D eigenvalue weighted by atomic mass is 10.1. The first kappa shape index (κ1) is 13.9. The molecule has 0 fully saturated rings. The van der Waals surface area contributed by atoms with Gasteiger partial charge in [-0.2, -0.15) is 0 Å². The molecule has 0 spiro atoms. The number of halogens is 1. The SMILES string of the molecule is CCC(C)NCC(O)c1cc(F)ccc1OC. The maximum atomic E-state index is 13.1. The second kappa shape index (κ2) is 6.57. The van der Waals surface area contributed by atoms with Crippen LogP contribution in [-0.2, 0) is 0 Å². The number of nitrogens with one attached hydrogen (secondary N) is 1. The lowest BCUT2D eigenvalue weighted by molar-refractivity contribution is 0.166. The molecule has 1 aromatic rings. The number of hydrogen-bond donors (Lipinski definition) is 2. The Hall–Kier alpha value is -1.13. The van der Waals surface area contributed by atoms with E-state index in [2.05, 4.69) is 12.2 Å². The first-order valence-corrected chi connectivity index (χ1v) is 5.83. The molecule has 4 heteroatoms. The van der Waals surface area contributed by atoms with Gasteiger partial charge in [0.05, 0.1) is 13.2 Å². The van der Waals surface area contributed by atoms with E-state index >= 15 is 0 Å². The van der Waals surface area contributed by atoms with Crippen molar-refractivity contribution in [3.8, 4) is 5.75 Å². The van der Waals surface area contributed by atoms with Crippen LogP contribution in [0.1, 0.15) is 31.9 Å². The smallest absolute Gasteiger partial charge is 0.124 e. The largest absolute Gasteiger partial charge is 0.496 e. The van der Waals surface area contributed by atoms with Gasteiger partial charge in [-0.3, -0.25) is 0 Å². The van der Waals surface area contributed by atoms with Gasteiger partial charge in [0.15, 0.2) is 0 Å². The molecule has 2 atom stereocenters. The summed E-state index contributed by atoms with van der Waals surface area (Å²) in [4.78, 5) is 0. The zero-order chi connectivity index (χ0) is 12.8. The van der Waals surface area contributed by atoms with Crippen molar-refractivity contribution in [3.63, 3.8) is 0 Å². The molecule has 0 saturated heterocycles. The minimum atomic E-state index is -0.769. The summed E-state index contributed by atoms with van der Waals surface area (Å²) >= 11 is 0. The number of hydrogen-bond acceptors (Lipinski definition) is 3. The summed E-state index contributed by atoms with van der Waals surface area (Å²) in [6.07, 6.45) is 0.210. The van der Waals surface area contributed by atoms with Gasteiger partial charge >= 0.3 is 0 Å². The molecule has 1 rings (SSSR count). The van der Waals surface area contributed by atoms with E-state index in [9.17, 15) is 9.50 Å². The first-order chi connectivity index (χ1) is 8.08. The maximum Gasteiger partial charge on any atom is 0.124 e. The number of aliphatic hydroxyl groups is 1. The lowest BCUT2D eigenvalue weighted by Gasteiger charge is -2.18. The quantitative estimate of drug-likeness (QED) is 0.802. The molecule has 0 radical (unpaired) electrons. The summed E-state index contributed by atoms with van der Waals surface area (Å²) in [5.74, 6) is 0.133. The molecule has 96 valence electrons. The van der Waals surface area contributed by atoms with Crippen LogP contribution in [0.5, 0.6) is 5.75 Å². The number of aliphatic hydroxyl groups excluding tert-OH is 1. The maximum absolute atomic E-state index is 13.1. The Balaban J connectivity index is 2.73. The van der Waals surface area contributed by atoms with E-state index < -0.39 is 6.10 Å². The Morgan fingerprint density at radius 1 is 1.47 bits per heavy atom. The van der Waals surface area contributed by atoms with E-state index in [0.717, 1.165) is 6.42 Å². The van der Waals surface area contributed by atoms with Crippen molar-refractivity contribution >= 4 is 0 Å². The van der Waals surface area contributed by atoms with Crippen molar-refractivity contribution in [2.75, 3.05) is 13.7 Å². The number of benzene rings is 1. The van der Waals surface area contributed by atoms with Gasteiger partial charge in [-0.05, 0) is 31.5 Å². The summed E-state index contributed by atoms with van der Waals surface area (Å²) in [7, 11) is 1.51. The summed E-state index contributed by atoms with van der Waals surface area (Å²) in [6.45, 7) is 4.48. The van der Waals surface area contributed by atoms with Crippen molar-refractivity contribution < 1.29 is 14.2 Å². The third-order valence-corrected chi connectivity index (χ3v) is 2.82. The molecule has 0 amide bonds. The van der Waals surface area contributed by atoms with Crippen LogP contribution in [0.2, 0.25) is 0 Å². The Bertz CT molecular complexity index is 357. The van der Waals surface area contributed by atoms with E-state index in [-0.39, 0.29) is 5.82 Å². The molecule has 2 N–H and O–H groups in total. The van der Waals surface area contributed by atoms with Gasteiger partial charge in [-0.25, -0.2) is 4.39 Å². The topological polar surface area (TPSA) is 41.5 Å². The molecule has 0 heterocycles. The summed E-state index contributed by atoms with van der Waals surface area (Å²) in [5.41, 5.74) is 0.475. The van der Waals surface area contributed by atoms with Gasteiger partial charge < -0.3 is 15.2 Å². The molecule has 0 bridgehead atoms. The van der Waals surface area contributed by atoms with E-state index in [1.807, 2.05) is 6.92 Å². The summed E-state index contributed by atoms with van der Waals surface area (Å²) in [6, 6.07) is 4.47.